The SMILES string of the molecule is COCCCN(CC(=O)Nc1cc(C(C)(C)C)nn1-c1ccc(C)cc1)C(=O)c1ccccc1C. The molecule has 0 fully saturated rings. The molecule has 2 aromatic carbocycles. The lowest BCUT2D eigenvalue weighted by Gasteiger charge is -2.23. The summed E-state index contributed by atoms with van der Waals surface area (Å²) in [4.78, 5) is 28.1. The van der Waals surface area contributed by atoms with Gasteiger partial charge in [-0.1, -0.05) is 56.7 Å². The van der Waals surface area contributed by atoms with Crippen LogP contribution in [-0.2, 0) is 14.9 Å². The van der Waals surface area contributed by atoms with Crippen molar-refractivity contribution < 1.29 is 14.3 Å². The summed E-state index contributed by atoms with van der Waals surface area (Å²) in [5, 5.41) is 7.77. The van der Waals surface area contributed by atoms with Crippen molar-refractivity contribution in [3.8, 4) is 5.69 Å². The maximum absolute atomic E-state index is 13.3. The molecule has 7 nitrogen and oxygen atoms in total. The molecule has 1 heterocycles. The molecule has 1 aromatic heterocycles. The fourth-order valence-corrected chi connectivity index (χ4v) is 3.71. The predicted molar refractivity (Wildman–Crippen MR) is 139 cm³/mol. The molecule has 0 saturated carbocycles. The molecule has 0 atom stereocenters. The van der Waals surface area contributed by atoms with Crippen molar-refractivity contribution in [2.24, 2.45) is 0 Å². The summed E-state index contributed by atoms with van der Waals surface area (Å²) in [5.41, 5.74) is 4.14. The summed E-state index contributed by atoms with van der Waals surface area (Å²) in [6.45, 7) is 11.0. The Kier molecular flexibility index (Phi) is 8.46. The van der Waals surface area contributed by atoms with Crippen molar-refractivity contribution in [1.82, 2.24) is 14.7 Å². The number of methoxy groups -OCH3 is 1. The second kappa shape index (κ2) is 11.3. The third-order valence-electron chi connectivity index (χ3n) is 5.80. The number of ether oxygens (including phenoxy) is 1. The van der Waals surface area contributed by atoms with Gasteiger partial charge >= 0.3 is 0 Å². The normalized spacial score (nSPS) is 11.4. The van der Waals surface area contributed by atoms with Crippen LogP contribution in [0.25, 0.3) is 5.69 Å². The fourth-order valence-electron chi connectivity index (χ4n) is 3.71. The van der Waals surface area contributed by atoms with Crippen LogP contribution in [0, 0.1) is 13.8 Å². The van der Waals surface area contributed by atoms with Crippen LogP contribution in [0.1, 0.15) is 54.4 Å². The van der Waals surface area contributed by atoms with E-state index >= 15 is 0 Å². The summed E-state index contributed by atoms with van der Waals surface area (Å²) in [5.74, 6) is 0.124. The van der Waals surface area contributed by atoms with Crippen molar-refractivity contribution in [3.05, 3.63) is 77.0 Å². The molecule has 2 amide bonds. The minimum absolute atomic E-state index is 0.0686. The van der Waals surface area contributed by atoms with Crippen molar-refractivity contribution >= 4 is 17.6 Å². The number of carbonyl (C=O) groups is 2. The standard InChI is InChI=1S/C28H36N4O3/c1-20-12-14-22(15-13-20)32-25(18-24(30-32)28(3,4)5)29-26(33)19-31(16-9-17-35-6)27(34)23-11-8-7-10-21(23)2/h7-8,10-15,18H,9,16-17,19H2,1-6H3,(H,29,33). The van der Waals surface area contributed by atoms with Crippen LogP contribution in [0.2, 0.25) is 0 Å². The summed E-state index contributed by atoms with van der Waals surface area (Å²) in [7, 11) is 1.62. The molecule has 186 valence electrons. The predicted octanol–water partition coefficient (Wildman–Crippen LogP) is 4.90. The lowest BCUT2D eigenvalue weighted by atomic mass is 9.92. The highest BCUT2D eigenvalue weighted by Crippen LogP contribution is 2.26. The Balaban J connectivity index is 1.86. The summed E-state index contributed by atoms with van der Waals surface area (Å²) in [6.07, 6.45) is 0.636. The molecule has 7 heteroatoms. The first-order valence-corrected chi connectivity index (χ1v) is 11.9. The maximum atomic E-state index is 13.3. The zero-order valence-corrected chi connectivity index (χ0v) is 21.6. The van der Waals surface area contributed by atoms with Crippen molar-refractivity contribution in [2.75, 3.05) is 32.1 Å². The van der Waals surface area contributed by atoms with Gasteiger partial charge in [-0.2, -0.15) is 5.10 Å². The van der Waals surface area contributed by atoms with Crippen molar-refractivity contribution in [1.29, 1.82) is 0 Å². The number of aryl methyl sites for hydroxylation is 2. The molecule has 0 radical (unpaired) electrons. The Morgan fingerprint density at radius 1 is 1.06 bits per heavy atom. The van der Waals surface area contributed by atoms with E-state index in [1.807, 2.05) is 62.4 Å². The third kappa shape index (κ3) is 6.79. The average molecular weight is 477 g/mol. The van der Waals surface area contributed by atoms with Gasteiger partial charge in [0.25, 0.3) is 5.91 Å². The summed E-state index contributed by atoms with van der Waals surface area (Å²) in [6, 6.07) is 17.3. The molecular weight excluding hydrogens is 440 g/mol. The Bertz CT molecular complexity index is 1160. The minimum Gasteiger partial charge on any atom is -0.385 e. The van der Waals surface area contributed by atoms with Gasteiger partial charge in [0.1, 0.15) is 12.4 Å². The lowest BCUT2D eigenvalue weighted by molar-refractivity contribution is -0.117. The molecule has 3 aromatic rings. The largest absolute Gasteiger partial charge is 0.385 e. The van der Waals surface area contributed by atoms with Crippen LogP contribution in [0.5, 0.6) is 0 Å². The van der Waals surface area contributed by atoms with E-state index in [-0.39, 0.29) is 23.8 Å². The lowest BCUT2D eigenvalue weighted by Crippen LogP contribution is -2.39. The topological polar surface area (TPSA) is 76.5 Å². The first-order valence-electron chi connectivity index (χ1n) is 11.9. The highest BCUT2D eigenvalue weighted by atomic mass is 16.5. The number of aromatic nitrogens is 2. The molecule has 3 rings (SSSR count). The first-order chi connectivity index (χ1) is 16.6. The number of nitrogens with one attached hydrogen (secondary N) is 1. The van der Waals surface area contributed by atoms with E-state index in [9.17, 15) is 9.59 Å². The molecule has 0 spiro atoms. The van der Waals surface area contributed by atoms with Gasteiger partial charge in [0.05, 0.1) is 11.4 Å². The minimum atomic E-state index is -0.280. The zero-order valence-electron chi connectivity index (χ0n) is 21.6. The van der Waals surface area contributed by atoms with Crippen LogP contribution < -0.4 is 5.32 Å². The number of nitrogens with zero attached hydrogens (tertiary/aromatic N) is 3. The highest BCUT2D eigenvalue weighted by molar-refractivity contribution is 6.00. The highest BCUT2D eigenvalue weighted by Gasteiger charge is 2.24. The van der Waals surface area contributed by atoms with E-state index in [2.05, 4.69) is 26.1 Å². The molecule has 0 aliphatic carbocycles. The monoisotopic (exact) mass is 476 g/mol. The van der Waals surface area contributed by atoms with Gasteiger partial charge in [0.2, 0.25) is 5.91 Å². The van der Waals surface area contributed by atoms with Gasteiger partial charge in [-0.05, 0) is 44.0 Å². The number of hydrogen-bond acceptors (Lipinski definition) is 4. The quantitative estimate of drug-likeness (QED) is 0.446. The average Bonchev–Trinajstić information content (AvgIpc) is 3.23. The first kappa shape index (κ1) is 26.2. The van der Waals surface area contributed by atoms with Gasteiger partial charge in [0, 0.05) is 37.3 Å². The van der Waals surface area contributed by atoms with Gasteiger partial charge in [-0.25, -0.2) is 4.68 Å². The summed E-state index contributed by atoms with van der Waals surface area (Å²) < 4.78 is 6.91. The fraction of sp³-hybridized carbons (Fsp3) is 0.393. The number of rotatable bonds is 9. The van der Waals surface area contributed by atoms with Crippen LogP contribution in [0.4, 0.5) is 5.82 Å². The number of anilines is 1. The summed E-state index contributed by atoms with van der Waals surface area (Å²) >= 11 is 0. The molecule has 0 aliphatic rings. The van der Waals surface area contributed by atoms with Crippen LogP contribution in [-0.4, -0.2) is 53.3 Å². The van der Waals surface area contributed by atoms with Crippen molar-refractivity contribution in [3.63, 3.8) is 0 Å². The third-order valence-corrected chi connectivity index (χ3v) is 5.80. The number of carbonyl (C=O) groups excluding carboxylic acids is 2. The second-order valence-electron chi connectivity index (χ2n) is 9.85. The smallest absolute Gasteiger partial charge is 0.254 e. The number of amides is 2. The van der Waals surface area contributed by atoms with Crippen molar-refractivity contribution in [2.45, 2.75) is 46.5 Å². The number of hydrogen-bond donors (Lipinski definition) is 1. The molecular formula is C28H36N4O3. The van der Waals surface area contributed by atoms with Crippen LogP contribution >= 0.6 is 0 Å². The van der Waals surface area contributed by atoms with Gasteiger partial charge in [0.15, 0.2) is 0 Å². The van der Waals surface area contributed by atoms with E-state index in [1.165, 1.54) is 0 Å². The van der Waals surface area contributed by atoms with E-state index < -0.39 is 0 Å². The van der Waals surface area contributed by atoms with Gasteiger partial charge in [-0.15, -0.1) is 0 Å². The van der Waals surface area contributed by atoms with E-state index in [4.69, 9.17) is 9.84 Å². The number of benzene rings is 2. The molecule has 1 N–H and O–H groups in total. The molecule has 35 heavy (non-hydrogen) atoms. The van der Waals surface area contributed by atoms with Crippen LogP contribution in [0.15, 0.2) is 54.6 Å². The Morgan fingerprint density at radius 2 is 1.74 bits per heavy atom. The zero-order chi connectivity index (χ0) is 25.6. The van der Waals surface area contributed by atoms with Crippen LogP contribution in [0.3, 0.4) is 0 Å². The van der Waals surface area contributed by atoms with E-state index in [1.54, 1.807) is 22.8 Å². The Labute approximate surface area is 208 Å². The van der Waals surface area contributed by atoms with Gasteiger partial charge < -0.3 is 15.0 Å². The molecule has 0 aliphatic heterocycles. The molecule has 0 bridgehead atoms. The van der Waals surface area contributed by atoms with E-state index in [0.29, 0.717) is 31.0 Å². The maximum Gasteiger partial charge on any atom is 0.254 e. The molecule has 0 saturated heterocycles. The van der Waals surface area contributed by atoms with E-state index in [0.717, 1.165) is 22.5 Å². The second-order valence-corrected chi connectivity index (χ2v) is 9.85. The van der Waals surface area contributed by atoms with Gasteiger partial charge in [-0.3, -0.25) is 9.59 Å². The molecule has 0 unspecified atom stereocenters. The Hall–Kier alpha value is -3.45. The Morgan fingerprint density at radius 3 is 2.37 bits per heavy atom.